The zero-order valence-corrected chi connectivity index (χ0v) is 13.6. The number of carbonyl (C=O) groups is 1. The van der Waals surface area contributed by atoms with Crippen molar-refractivity contribution < 1.29 is 4.79 Å². The van der Waals surface area contributed by atoms with E-state index in [1.54, 1.807) is 29.4 Å². The minimum Gasteiger partial charge on any atom is -0.295 e. The van der Waals surface area contributed by atoms with Crippen molar-refractivity contribution in [2.75, 3.05) is 5.43 Å². The molecule has 0 fully saturated rings. The van der Waals surface area contributed by atoms with Gasteiger partial charge in [-0.1, -0.05) is 48.0 Å². The number of para-hydroxylation sites is 1. The Kier molecular flexibility index (Phi) is 5.08. The minimum absolute atomic E-state index is 0.200. The Morgan fingerprint density at radius 3 is 2.33 bits per heavy atom. The van der Waals surface area contributed by atoms with Crippen LogP contribution in [0, 0.1) is 0 Å². The Bertz CT molecular complexity index is 792. The predicted octanol–water partition coefficient (Wildman–Crippen LogP) is 4.40. The van der Waals surface area contributed by atoms with Gasteiger partial charge in [0, 0.05) is 11.2 Å². The molecule has 1 aromatic heterocycles. The molecule has 0 aliphatic rings. The Labute approximate surface area is 145 Å². The molecule has 0 saturated heterocycles. The fourth-order valence-electron chi connectivity index (χ4n) is 2.23. The summed E-state index contributed by atoms with van der Waals surface area (Å²) in [4.78, 5) is 16.9. The third-order valence-corrected chi connectivity index (χ3v) is 3.67. The topological polar surface area (TPSA) is 45.2 Å². The Morgan fingerprint density at radius 2 is 1.67 bits per heavy atom. The first-order chi connectivity index (χ1) is 11.7. The van der Waals surface area contributed by atoms with Crippen LogP contribution in [-0.2, 0) is 6.54 Å². The van der Waals surface area contributed by atoms with Gasteiger partial charge in [0.1, 0.15) is 5.69 Å². The van der Waals surface area contributed by atoms with E-state index < -0.39 is 0 Å². The van der Waals surface area contributed by atoms with E-state index in [9.17, 15) is 4.79 Å². The smallest absolute Gasteiger partial charge is 0.291 e. The van der Waals surface area contributed by atoms with Crippen LogP contribution in [0.25, 0.3) is 0 Å². The largest absolute Gasteiger partial charge is 0.295 e. The SMILES string of the molecule is O=C(c1ccccn1)N(Cc1ccc(Cl)cc1)Nc1ccccc1. The first-order valence-corrected chi connectivity index (χ1v) is 7.89. The lowest BCUT2D eigenvalue weighted by Gasteiger charge is -2.24. The minimum atomic E-state index is -0.200. The molecular formula is C19H16ClN3O. The van der Waals surface area contributed by atoms with E-state index in [-0.39, 0.29) is 5.91 Å². The summed E-state index contributed by atoms with van der Waals surface area (Å²) in [7, 11) is 0. The van der Waals surface area contributed by atoms with Gasteiger partial charge in [0.2, 0.25) is 0 Å². The lowest BCUT2D eigenvalue weighted by Crippen LogP contribution is -2.36. The quantitative estimate of drug-likeness (QED) is 0.702. The van der Waals surface area contributed by atoms with Gasteiger partial charge >= 0.3 is 0 Å². The van der Waals surface area contributed by atoms with Crippen LogP contribution in [0.3, 0.4) is 0 Å². The molecule has 3 rings (SSSR count). The second-order valence-corrected chi connectivity index (χ2v) is 5.65. The molecule has 2 aromatic carbocycles. The van der Waals surface area contributed by atoms with Gasteiger partial charge in [-0.15, -0.1) is 0 Å². The number of nitrogens with zero attached hydrogens (tertiary/aromatic N) is 2. The molecule has 4 nitrogen and oxygen atoms in total. The van der Waals surface area contributed by atoms with E-state index in [0.29, 0.717) is 17.3 Å². The number of benzene rings is 2. The Hall–Kier alpha value is -2.85. The maximum Gasteiger partial charge on any atom is 0.291 e. The Morgan fingerprint density at radius 1 is 0.958 bits per heavy atom. The number of carbonyl (C=O) groups excluding carboxylic acids is 1. The molecule has 24 heavy (non-hydrogen) atoms. The molecule has 0 unspecified atom stereocenters. The van der Waals surface area contributed by atoms with Gasteiger partial charge in [-0.3, -0.25) is 15.2 Å². The summed E-state index contributed by atoms with van der Waals surface area (Å²) in [6, 6.07) is 22.2. The van der Waals surface area contributed by atoms with Crippen molar-refractivity contribution >= 4 is 23.2 Å². The summed E-state index contributed by atoms with van der Waals surface area (Å²) in [5.74, 6) is -0.200. The van der Waals surface area contributed by atoms with Gasteiger partial charge in [0.25, 0.3) is 5.91 Å². The van der Waals surface area contributed by atoms with Crippen molar-refractivity contribution in [1.82, 2.24) is 9.99 Å². The first kappa shape index (κ1) is 16.0. The number of hydrogen-bond donors (Lipinski definition) is 1. The number of amides is 1. The molecule has 0 spiro atoms. The molecule has 0 saturated carbocycles. The van der Waals surface area contributed by atoms with Crippen molar-refractivity contribution in [3.8, 4) is 0 Å². The van der Waals surface area contributed by atoms with Gasteiger partial charge in [0.15, 0.2) is 0 Å². The number of halogens is 1. The lowest BCUT2D eigenvalue weighted by molar-refractivity contribution is 0.0777. The van der Waals surface area contributed by atoms with E-state index >= 15 is 0 Å². The number of hydrazine groups is 1. The van der Waals surface area contributed by atoms with Gasteiger partial charge in [0.05, 0.1) is 12.2 Å². The molecule has 0 atom stereocenters. The summed E-state index contributed by atoms with van der Waals surface area (Å²) in [5, 5.41) is 2.21. The fourth-order valence-corrected chi connectivity index (χ4v) is 2.36. The van der Waals surface area contributed by atoms with E-state index in [1.165, 1.54) is 0 Å². The van der Waals surface area contributed by atoms with Crippen LogP contribution in [0.1, 0.15) is 16.1 Å². The normalized spacial score (nSPS) is 10.2. The van der Waals surface area contributed by atoms with Gasteiger partial charge < -0.3 is 0 Å². The molecule has 5 heteroatoms. The van der Waals surface area contributed by atoms with E-state index in [1.807, 2.05) is 54.6 Å². The Balaban J connectivity index is 1.85. The molecule has 1 amide bonds. The highest BCUT2D eigenvalue weighted by Crippen LogP contribution is 2.15. The average molecular weight is 338 g/mol. The zero-order valence-electron chi connectivity index (χ0n) is 12.9. The number of pyridine rings is 1. The number of rotatable bonds is 5. The molecule has 1 heterocycles. The van der Waals surface area contributed by atoms with Crippen LogP contribution in [0.4, 0.5) is 5.69 Å². The summed E-state index contributed by atoms with van der Waals surface area (Å²) < 4.78 is 0. The summed E-state index contributed by atoms with van der Waals surface area (Å²) >= 11 is 5.93. The van der Waals surface area contributed by atoms with Crippen molar-refractivity contribution in [2.45, 2.75) is 6.54 Å². The van der Waals surface area contributed by atoms with E-state index in [4.69, 9.17) is 11.6 Å². The van der Waals surface area contributed by atoms with Crippen molar-refractivity contribution in [3.05, 3.63) is 95.3 Å². The van der Waals surface area contributed by atoms with Crippen LogP contribution in [0.15, 0.2) is 79.0 Å². The molecule has 0 bridgehead atoms. The third kappa shape index (κ3) is 4.12. The average Bonchev–Trinajstić information content (AvgIpc) is 2.64. The van der Waals surface area contributed by atoms with Crippen molar-refractivity contribution in [2.24, 2.45) is 0 Å². The van der Waals surface area contributed by atoms with E-state index in [0.717, 1.165) is 11.3 Å². The number of anilines is 1. The van der Waals surface area contributed by atoms with Crippen LogP contribution < -0.4 is 5.43 Å². The number of nitrogens with one attached hydrogen (secondary N) is 1. The second kappa shape index (κ2) is 7.62. The van der Waals surface area contributed by atoms with Gasteiger partial charge in [-0.05, 0) is 42.0 Å². The van der Waals surface area contributed by atoms with Crippen molar-refractivity contribution in [1.29, 1.82) is 0 Å². The highest BCUT2D eigenvalue weighted by atomic mass is 35.5. The van der Waals surface area contributed by atoms with Crippen LogP contribution in [0.2, 0.25) is 5.02 Å². The molecule has 120 valence electrons. The second-order valence-electron chi connectivity index (χ2n) is 5.21. The molecule has 0 radical (unpaired) electrons. The molecule has 0 aliphatic carbocycles. The summed E-state index contributed by atoms with van der Waals surface area (Å²) in [6.45, 7) is 0.390. The number of aromatic nitrogens is 1. The predicted molar refractivity (Wildman–Crippen MR) is 95.6 cm³/mol. The summed E-state index contributed by atoms with van der Waals surface area (Å²) in [5.41, 5.74) is 5.33. The van der Waals surface area contributed by atoms with Crippen molar-refractivity contribution in [3.63, 3.8) is 0 Å². The highest BCUT2D eigenvalue weighted by Gasteiger charge is 2.17. The van der Waals surface area contributed by atoms with Gasteiger partial charge in [-0.2, -0.15) is 0 Å². The maximum atomic E-state index is 12.8. The molecule has 3 aromatic rings. The molecular weight excluding hydrogens is 322 g/mol. The third-order valence-electron chi connectivity index (χ3n) is 3.42. The lowest BCUT2D eigenvalue weighted by atomic mass is 10.2. The van der Waals surface area contributed by atoms with Crippen LogP contribution in [-0.4, -0.2) is 15.9 Å². The van der Waals surface area contributed by atoms with Crippen LogP contribution >= 0.6 is 11.6 Å². The van der Waals surface area contributed by atoms with Crippen LogP contribution in [0.5, 0.6) is 0 Å². The summed E-state index contributed by atoms with van der Waals surface area (Å²) in [6.07, 6.45) is 1.61. The molecule has 0 aliphatic heterocycles. The van der Waals surface area contributed by atoms with E-state index in [2.05, 4.69) is 10.4 Å². The molecule has 1 N–H and O–H groups in total. The maximum absolute atomic E-state index is 12.8. The zero-order chi connectivity index (χ0) is 16.8. The standard InChI is InChI=1S/C19H16ClN3O/c20-16-11-9-15(10-12-16)14-23(22-17-6-2-1-3-7-17)19(24)18-8-4-5-13-21-18/h1-13,22H,14H2. The fraction of sp³-hybridized carbons (Fsp3) is 0.0526. The number of hydrogen-bond acceptors (Lipinski definition) is 3. The van der Waals surface area contributed by atoms with Gasteiger partial charge in [-0.25, -0.2) is 5.01 Å². The first-order valence-electron chi connectivity index (χ1n) is 7.51. The monoisotopic (exact) mass is 337 g/mol. The highest BCUT2D eigenvalue weighted by molar-refractivity contribution is 6.30.